The molecule has 6 heteroatoms. The van der Waals surface area contributed by atoms with Gasteiger partial charge in [0.2, 0.25) is 0 Å². The molecule has 0 atom stereocenters. The van der Waals surface area contributed by atoms with Crippen molar-refractivity contribution in [2.24, 2.45) is 0 Å². The third-order valence-electron chi connectivity index (χ3n) is 3.08. The molecule has 0 aliphatic heterocycles. The average Bonchev–Trinajstić information content (AvgIpc) is 2.50. The summed E-state index contributed by atoms with van der Waals surface area (Å²) in [5, 5.41) is 3.08. The number of anilines is 1. The number of methoxy groups -OCH3 is 1. The number of benzene rings is 1. The minimum Gasteiger partial charge on any atom is -0.491 e. The summed E-state index contributed by atoms with van der Waals surface area (Å²) in [4.78, 5) is 8.12. The Kier molecular flexibility index (Phi) is 4.67. The maximum Gasteiger partial charge on any atom is 0.187 e. The van der Waals surface area contributed by atoms with Crippen molar-refractivity contribution in [2.45, 2.75) is 20.3 Å². The van der Waals surface area contributed by atoms with Crippen LogP contribution in [0.4, 0.5) is 14.6 Å². The molecule has 0 aliphatic rings. The molecule has 1 N–H and O–H groups in total. The molecule has 0 saturated carbocycles. The van der Waals surface area contributed by atoms with Crippen molar-refractivity contribution in [1.29, 1.82) is 0 Å². The van der Waals surface area contributed by atoms with Gasteiger partial charge in [-0.1, -0.05) is 13.0 Å². The van der Waals surface area contributed by atoms with Crippen LogP contribution in [0.25, 0.3) is 11.3 Å². The Bertz CT molecular complexity index is 647. The van der Waals surface area contributed by atoms with Gasteiger partial charge in [-0.2, -0.15) is 0 Å². The van der Waals surface area contributed by atoms with Gasteiger partial charge in [0.1, 0.15) is 12.0 Å². The van der Waals surface area contributed by atoms with Crippen molar-refractivity contribution in [3.63, 3.8) is 0 Å². The van der Waals surface area contributed by atoms with E-state index in [0.717, 1.165) is 6.42 Å². The molecule has 0 spiro atoms. The first kappa shape index (κ1) is 15.2. The van der Waals surface area contributed by atoms with Gasteiger partial charge in [-0.05, 0) is 25.0 Å². The van der Waals surface area contributed by atoms with E-state index in [-0.39, 0.29) is 16.8 Å². The van der Waals surface area contributed by atoms with Crippen molar-refractivity contribution in [3.8, 4) is 17.0 Å². The van der Waals surface area contributed by atoms with E-state index >= 15 is 0 Å². The number of rotatable bonds is 5. The highest BCUT2D eigenvalue weighted by Crippen LogP contribution is 2.35. The number of nitrogens with zero attached hydrogens (tertiary/aromatic N) is 2. The Balaban J connectivity index is 2.56. The van der Waals surface area contributed by atoms with Crippen molar-refractivity contribution in [2.75, 3.05) is 19.0 Å². The lowest BCUT2D eigenvalue weighted by Crippen LogP contribution is -2.06. The van der Waals surface area contributed by atoms with Gasteiger partial charge in [-0.15, -0.1) is 0 Å². The molecule has 0 saturated heterocycles. The summed E-state index contributed by atoms with van der Waals surface area (Å²) >= 11 is 0. The highest BCUT2D eigenvalue weighted by Gasteiger charge is 2.19. The highest BCUT2D eigenvalue weighted by molar-refractivity contribution is 5.73. The standard InChI is InChI=1S/C15H17F2N3O/c1-4-7-18-15-14(21-3)13(19-8-20-15)10-6-5-9(2)11(16)12(10)17/h5-6,8H,4,7H2,1-3H3,(H,18,19,20). The molecule has 0 aliphatic carbocycles. The second-order valence-electron chi connectivity index (χ2n) is 4.59. The van der Waals surface area contributed by atoms with Crippen molar-refractivity contribution in [1.82, 2.24) is 9.97 Å². The number of hydrogen-bond acceptors (Lipinski definition) is 4. The molecule has 0 unspecified atom stereocenters. The van der Waals surface area contributed by atoms with E-state index in [0.29, 0.717) is 18.1 Å². The lowest BCUT2D eigenvalue weighted by Gasteiger charge is -2.13. The Morgan fingerprint density at radius 2 is 1.95 bits per heavy atom. The summed E-state index contributed by atoms with van der Waals surface area (Å²) in [5.41, 5.74) is 0.521. The largest absolute Gasteiger partial charge is 0.491 e. The molecule has 2 aromatic rings. The fraction of sp³-hybridized carbons (Fsp3) is 0.333. The zero-order valence-electron chi connectivity index (χ0n) is 12.2. The number of aryl methyl sites for hydroxylation is 1. The third kappa shape index (κ3) is 2.94. The van der Waals surface area contributed by atoms with Crippen molar-refractivity contribution in [3.05, 3.63) is 35.7 Å². The van der Waals surface area contributed by atoms with E-state index in [4.69, 9.17) is 4.74 Å². The molecule has 21 heavy (non-hydrogen) atoms. The zero-order valence-corrected chi connectivity index (χ0v) is 12.2. The SMILES string of the molecule is CCCNc1ncnc(-c2ccc(C)c(F)c2F)c1OC. The molecule has 1 heterocycles. The van der Waals surface area contributed by atoms with E-state index in [9.17, 15) is 8.78 Å². The Hall–Kier alpha value is -2.24. The number of halogens is 2. The van der Waals surface area contributed by atoms with Gasteiger partial charge in [0.05, 0.1) is 7.11 Å². The maximum absolute atomic E-state index is 14.1. The van der Waals surface area contributed by atoms with Crippen LogP contribution in [0.3, 0.4) is 0 Å². The predicted molar refractivity (Wildman–Crippen MR) is 77.5 cm³/mol. The lowest BCUT2D eigenvalue weighted by molar-refractivity contribution is 0.414. The van der Waals surface area contributed by atoms with Crippen LogP contribution in [-0.2, 0) is 0 Å². The summed E-state index contributed by atoms with van der Waals surface area (Å²) in [6, 6.07) is 3.00. The fourth-order valence-electron chi connectivity index (χ4n) is 1.96. The first-order valence-electron chi connectivity index (χ1n) is 6.68. The van der Waals surface area contributed by atoms with Crippen LogP contribution in [0.1, 0.15) is 18.9 Å². The van der Waals surface area contributed by atoms with Gasteiger partial charge < -0.3 is 10.1 Å². The molecular weight excluding hydrogens is 276 g/mol. The molecule has 0 fully saturated rings. The number of hydrogen-bond donors (Lipinski definition) is 1. The second kappa shape index (κ2) is 6.47. The quantitative estimate of drug-likeness (QED) is 0.915. The second-order valence-corrected chi connectivity index (χ2v) is 4.59. The molecule has 1 aromatic heterocycles. The number of ether oxygens (including phenoxy) is 1. The normalized spacial score (nSPS) is 10.5. The third-order valence-corrected chi connectivity index (χ3v) is 3.08. The van der Waals surface area contributed by atoms with Gasteiger partial charge in [0, 0.05) is 12.1 Å². The molecule has 4 nitrogen and oxygen atoms in total. The average molecular weight is 293 g/mol. The van der Waals surface area contributed by atoms with Gasteiger partial charge in [-0.3, -0.25) is 0 Å². The Labute approximate surface area is 122 Å². The smallest absolute Gasteiger partial charge is 0.187 e. The summed E-state index contributed by atoms with van der Waals surface area (Å²) < 4.78 is 33.2. The van der Waals surface area contributed by atoms with Gasteiger partial charge in [0.25, 0.3) is 0 Å². The van der Waals surface area contributed by atoms with Crippen LogP contribution in [0.15, 0.2) is 18.5 Å². The Morgan fingerprint density at radius 3 is 2.62 bits per heavy atom. The highest BCUT2D eigenvalue weighted by atomic mass is 19.2. The van der Waals surface area contributed by atoms with Crippen LogP contribution in [0.2, 0.25) is 0 Å². The van der Waals surface area contributed by atoms with Gasteiger partial charge in [-0.25, -0.2) is 18.7 Å². The van der Waals surface area contributed by atoms with E-state index in [1.807, 2.05) is 6.92 Å². The molecule has 1 aromatic carbocycles. The topological polar surface area (TPSA) is 47.0 Å². The molecule has 0 amide bonds. The van der Waals surface area contributed by atoms with Gasteiger partial charge >= 0.3 is 0 Å². The number of nitrogens with one attached hydrogen (secondary N) is 1. The van der Waals surface area contributed by atoms with Gasteiger partial charge in [0.15, 0.2) is 23.2 Å². The van der Waals surface area contributed by atoms with E-state index in [2.05, 4.69) is 15.3 Å². The molecule has 0 bridgehead atoms. The summed E-state index contributed by atoms with van der Waals surface area (Å²) in [6.45, 7) is 4.21. The van der Waals surface area contributed by atoms with E-state index < -0.39 is 11.6 Å². The number of aromatic nitrogens is 2. The monoisotopic (exact) mass is 293 g/mol. The molecule has 0 radical (unpaired) electrons. The Morgan fingerprint density at radius 1 is 1.19 bits per heavy atom. The summed E-state index contributed by atoms with van der Waals surface area (Å²) in [6.07, 6.45) is 2.20. The minimum atomic E-state index is -0.937. The summed E-state index contributed by atoms with van der Waals surface area (Å²) in [5.74, 6) is -1.05. The van der Waals surface area contributed by atoms with Crippen molar-refractivity contribution >= 4 is 5.82 Å². The van der Waals surface area contributed by atoms with Crippen LogP contribution < -0.4 is 10.1 Å². The van der Waals surface area contributed by atoms with E-state index in [1.54, 1.807) is 0 Å². The fourth-order valence-corrected chi connectivity index (χ4v) is 1.96. The van der Waals surface area contributed by atoms with Crippen molar-refractivity contribution < 1.29 is 13.5 Å². The molecule has 112 valence electrons. The van der Waals surface area contributed by atoms with E-state index in [1.165, 1.54) is 32.5 Å². The van der Waals surface area contributed by atoms with Crippen LogP contribution in [0, 0.1) is 18.6 Å². The minimum absolute atomic E-state index is 0.0527. The molecule has 2 rings (SSSR count). The zero-order chi connectivity index (χ0) is 15.4. The van der Waals surface area contributed by atoms with Crippen LogP contribution in [-0.4, -0.2) is 23.6 Å². The first-order chi connectivity index (χ1) is 10.1. The maximum atomic E-state index is 14.1. The molecular formula is C15H17F2N3O. The lowest BCUT2D eigenvalue weighted by atomic mass is 10.1. The van der Waals surface area contributed by atoms with Crippen LogP contribution in [0.5, 0.6) is 5.75 Å². The summed E-state index contributed by atoms with van der Waals surface area (Å²) in [7, 11) is 1.45. The van der Waals surface area contributed by atoms with Crippen LogP contribution >= 0.6 is 0 Å². The predicted octanol–water partition coefficient (Wildman–Crippen LogP) is 3.56. The first-order valence-corrected chi connectivity index (χ1v) is 6.68.